The number of unbranched alkanes of at least 4 members (excludes halogenated alkanes) is 2. The van der Waals surface area contributed by atoms with Crippen molar-refractivity contribution in [2.45, 2.75) is 58.3 Å². The van der Waals surface area contributed by atoms with Crippen LogP contribution in [0.2, 0.25) is 0 Å². The Morgan fingerprint density at radius 3 is 2.04 bits per heavy atom. The smallest absolute Gasteiger partial charge is 0.305 e. The van der Waals surface area contributed by atoms with Crippen LogP contribution in [-0.2, 0) is 14.3 Å². The molecule has 0 radical (unpaired) electrons. The predicted molar refractivity (Wildman–Crippen MR) is 108 cm³/mol. The minimum absolute atomic E-state index is 0.00869. The molecule has 4 heteroatoms. The fraction of sp³-hybridized carbons (Fsp3) is 0.591. The number of hydrogen-bond acceptors (Lipinski definition) is 4. The Bertz CT molecular complexity index is 422. The molecule has 4 nitrogen and oxygen atoms in total. The van der Waals surface area contributed by atoms with Gasteiger partial charge in [-0.3, -0.25) is 4.79 Å². The summed E-state index contributed by atoms with van der Waals surface area (Å²) in [5, 5.41) is 8.53. The van der Waals surface area contributed by atoms with E-state index < -0.39 is 0 Å². The zero-order valence-electron chi connectivity index (χ0n) is 16.3. The van der Waals surface area contributed by atoms with Crippen LogP contribution in [-0.4, -0.2) is 37.5 Å². The number of rotatable bonds is 17. The Morgan fingerprint density at radius 2 is 1.42 bits per heavy atom. The van der Waals surface area contributed by atoms with Gasteiger partial charge in [0, 0.05) is 6.42 Å². The van der Waals surface area contributed by atoms with Gasteiger partial charge in [-0.1, -0.05) is 55.5 Å². The molecule has 26 heavy (non-hydrogen) atoms. The van der Waals surface area contributed by atoms with Gasteiger partial charge in [0.25, 0.3) is 0 Å². The maximum atomic E-state index is 11.4. The van der Waals surface area contributed by atoms with E-state index in [2.05, 4.69) is 55.5 Å². The van der Waals surface area contributed by atoms with E-state index in [9.17, 15) is 4.79 Å². The van der Waals surface area contributed by atoms with Crippen LogP contribution in [0.5, 0.6) is 0 Å². The van der Waals surface area contributed by atoms with E-state index in [4.69, 9.17) is 14.6 Å². The summed E-state index contributed by atoms with van der Waals surface area (Å²) in [6, 6.07) is 0. The summed E-state index contributed by atoms with van der Waals surface area (Å²) < 4.78 is 10.0. The molecule has 0 spiro atoms. The second-order valence-corrected chi connectivity index (χ2v) is 5.80. The predicted octanol–water partition coefficient (Wildman–Crippen LogP) is 4.90. The number of aliphatic hydroxyl groups excluding tert-OH is 1. The van der Waals surface area contributed by atoms with Crippen molar-refractivity contribution in [3.8, 4) is 0 Å². The third kappa shape index (κ3) is 20.4. The lowest BCUT2D eigenvalue weighted by atomic mass is 10.2. The van der Waals surface area contributed by atoms with Crippen molar-refractivity contribution in [1.82, 2.24) is 0 Å². The standard InChI is InChI=1S/C22H36O4/c1-2-3-4-5-6-7-8-9-10-11-12-13-14-15-16-17-22(24)26-21-20-25-19-18-23/h3-4,6-7,9-10,12-13,23H,2,5,8,11,14-21H2,1H3/b4-3-,7-6-,10-9-,13-12-. The summed E-state index contributed by atoms with van der Waals surface area (Å²) in [6.07, 6.45) is 24.8. The summed E-state index contributed by atoms with van der Waals surface area (Å²) >= 11 is 0. The molecule has 0 amide bonds. The minimum Gasteiger partial charge on any atom is -0.463 e. The van der Waals surface area contributed by atoms with Gasteiger partial charge in [-0.05, 0) is 44.9 Å². The highest BCUT2D eigenvalue weighted by molar-refractivity contribution is 5.69. The lowest BCUT2D eigenvalue weighted by Crippen LogP contribution is -2.11. The summed E-state index contributed by atoms with van der Waals surface area (Å²) in [7, 11) is 0. The van der Waals surface area contributed by atoms with Crippen molar-refractivity contribution < 1.29 is 19.4 Å². The summed E-state index contributed by atoms with van der Waals surface area (Å²) in [6.45, 7) is 3.02. The van der Waals surface area contributed by atoms with Crippen LogP contribution in [0.15, 0.2) is 48.6 Å². The van der Waals surface area contributed by atoms with Gasteiger partial charge in [-0.25, -0.2) is 0 Å². The topological polar surface area (TPSA) is 55.8 Å². The third-order valence-electron chi connectivity index (χ3n) is 3.45. The van der Waals surface area contributed by atoms with Gasteiger partial charge in [0.15, 0.2) is 0 Å². The fourth-order valence-electron chi connectivity index (χ4n) is 2.08. The summed E-state index contributed by atoms with van der Waals surface area (Å²) in [5.74, 6) is -0.178. The molecule has 0 aliphatic carbocycles. The first-order chi connectivity index (χ1) is 12.8. The normalized spacial score (nSPS) is 12.2. The Hall–Kier alpha value is -1.65. The Balaban J connectivity index is 3.40. The van der Waals surface area contributed by atoms with Gasteiger partial charge in [-0.15, -0.1) is 0 Å². The van der Waals surface area contributed by atoms with E-state index in [0.29, 0.717) is 13.0 Å². The second kappa shape index (κ2) is 21.4. The minimum atomic E-state index is -0.178. The molecule has 0 unspecified atom stereocenters. The first-order valence-corrected chi connectivity index (χ1v) is 9.75. The van der Waals surface area contributed by atoms with Gasteiger partial charge in [-0.2, -0.15) is 0 Å². The number of hydrogen-bond donors (Lipinski definition) is 1. The largest absolute Gasteiger partial charge is 0.463 e. The lowest BCUT2D eigenvalue weighted by molar-refractivity contribution is -0.145. The molecule has 0 saturated carbocycles. The third-order valence-corrected chi connectivity index (χ3v) is 3.45. The van der Waals surface area contributed by atoms with Crippen LogP contribution in [0, 0.1) is 0 Å². The Morgan fingerprint density at radius 1 is 0.808 bits per heavy atom. The SMILES string of the molecule is CC/C=C\C/C=C\C/C=C\C/C=C\CCCCC(=O)OCCOCCO. The number of esters is 1. The maximum Gasteiger partial charge on any atom is 0.305 e. The number of aliphatic hydroxyl groups is 1. The molecule has 0 rings (SSSR count). The first kappa shape index (κ1) is 24.4. The number of carbonyl (C=O) groups excluding carboxylic acids is 1. The lowest BCUT2D eigenvalue weighted by Gasteiger charge is -2.04. The van der Waals surface area contributed by atoms with E-state index in [-0.39, 0.29) is 25.8 Å². The molecule has 0 fully saturated rings. The van der Waals surface area contributed by atoms with Crippen LogP contribution >= 0.6 is 0 Å². The number of allylic oxidation sites excluding steroid dienone is 8. The van der Waals surface area contributed by atoms with Gasteiger partial charge in [0.1, 0.15) is 6.61 Å². The van der Waals surface area contributed by atoms with Gasteiger partial charge in [0.05, 0.1) is 19.8 Å². The molecule has 0 saturated heterocycles. The van der Waals surface area contributed by atoms with Gasteiger partial charge in [0.2, 0.25) is 0 Å². The van der Waals surface area contributed by atoms with Gasteiger partial charge >= 0.3 is 5.97 Å². The number of ether oxygens (including phenoxy) is 2. The van der Waals surface area contributed by atoms with E-state index in [0.717, 1.165) is 44.9 Å². The average Bonchev–Trinajstić information content (AvgIpc) is 2.64. The monoisotopic (exact) mass is 364 g/mol. The highest BCUT2D eigenvalue weighted by atomic mass is 16.6. The molecular formula is C22H36O4. The first-order valence-electron chi connectivity index (χ1n) is 9.75. The van der Waals surface area contributed by atoms with E-state index in [1.807, 2.05) is 0 Å². The summed E-state index contributed by atoms with van der Waals surface area (Å²) in [4.78, 5) is 11.4. The molecule has 0 aliphatic heterocycles. The van der Waals surface area contributed by atoms with Crippen molar-refractivity contribution in [3.63, 3.8) is 0 Å². The zero-order chi connectivity index (χ0) is 19.1. The van der Waals surface area contributed by atoms with Crippen LogP contribution in [0.1, 0.15) is 58.3 Å². The Labute approximate surface area is 159 Å². The summed E-state index contributed by atoms with van der Waals surface area (Å²) in [5.41, 5.74) is 0. The maximum absolute atomic E-state index is 11.4. The molecular weight excluding hydrogens is 328 g/mol. The molecule has 148 valence electrons. The molecule has 0 aromatic rings. The molecule has 0 aromatic heterocycles. The number of carbonyl (C=O) groups is 1. The van der Waals surface area contributed by atoms with Crippen molar-refractivity contribution in [3.05, 3.63) is 48.6 Å². The van der Waals surface area contributed by atoms with E-state index in [1.165, 1.54) is 0 Å². The highest BCUT2D eigenvalue weighted by Crippen LogP contribution is 2.03. The molecule has 0 bridgehead atoms. The van der Waals surface area contributed by atoms with Gasteiger partial charge < -0.3 is 14.6 Å². The fourth-order valence-corrected chi connectivity index (χ4v) is 2.08. The van der Waals surface area contributed by atoms with Crippen LogP contribution in [0.3, 0.4) is 0 Å². The molecule has 0 heterocycles. The molecule has 0 aromatic carbocycles. The average molecular weight is 365 g/mol. The molecule has 0 aliphatic rings. The molecule has 1 N–H and O–H groups in total. The quantitative estimate of drug-likeness (QED) is 0.226. The van der Waals surface area contributed by atoms with Crippen LogP contribution in [0.4, 0.5) is 0 Å². The second-order valence-electron chi connectivity index (χ2n) is 5.80. The van der Waals surface area contributed by atoms with E-state index >= 15 is 0 Å². The van der Waals surface area contributed by atoms with Crippen molar-refractivity contribution in [1.29, 1.82) is 0 Å². The van der Waals surface area contributed by atoms with Crippen LogP contribution < -0.4 is 0 Å². The highest BCUT2D eigenvalue weighted by Gasteiger charge is 2.01. The molecule has 0 atom stereocenters. The van der Waals surface area contributed by atoms with Crippen molar-refractivity contribution in [2.24, 2.45) is 0 Å². The van der Waals surface area contributed by atoms with Crippen molar-refractivity contribution >= 4 is 5.97 Å². The van der Waals surface area contributed by atoms with Crippen molar-refractivity contribution in [2.75, 3.05) is 26.4 Å². The van der Waals surface area contributed by atoms with Crippen LogP contribution in [0.25, 0.3) is 0 Å². The zero-order valence-corrected chi connectivity index (χ0v) is 16.3. The Kier molecular flexibility index (Phi) is 20.0. The van der Waals surface area contributed by atoms with E-state index in [1.54, 1.807) is 0 Å².